The molecule has 7 nitrogen and oxygen atoms in total. The van der Waals surface area contributed by atoms with Crippen LogP contribution in [0.2, 0.25) is 0 Å². The van der Waals surface area contributed by atoms with Crippen molar-refractivity contribution in [1.82, 2.24) is 15.0 Å². The lowest BCUT2D eigenvalue weighted by molar-refractivity contribution is -0.125. The van der Waals surface area contributed by atoms with Gasteiger partial charge in [-0.3, -0.25) is 4.79 Å². The smallest absolute Gasteiger partial charge is 0.404 e. The van der Waals surface area contributed by atoms with Gasteiger partial charge in [0.25, 0.3) is 0 Å². The fraction of sp³-hybridized carbons (Fsp3) is 0.400. The van der Waals surface area contributed by atoms with Crippen LogP contribution in [-0.2, 0) is 4.79 Å². The first kappa shape index (κ1) is 17.0. The van der Waals surface area contributed by atoms with E-state index in [1.54, 1.807) is 13.8 Å². The van der Waals surface area contributed by atoms with E-state index in [0.29, 0.717) is 13.1 Å². The van der Waals surface area contributed by atoms with Gasteiger partial charge in [0.15, 0.2) is 0 Å². The monoisotopic (exact) mass is 336 g/mol. The zero-order valence-electron chi connectivity index (χ0n) is 13.0. The minimum atomic E-state index is -1.13. The Morgan fingerprint density at radius 1 is 1.26 bits per heavy atom. The lowest BCUT2D eigenvalue weighted by Gasteiger charge is -2.19. The van der Waals surface area contributed by atoms with Crippen molar-refractivity contribution in [2.75, 3.05) is 18.4 Å². The molecule has 0 saturated heterocycles. The average Bonchev–Trinajstić information content (AvgIpc) is 2.93. The van der Waals surface area contributed by atoms with Crippen LogP contribution in [-0.4, -0.2) is 40.6 Å². The maximum Gasteiger partial charge on any atom is 0.404 e. The lowest BCUT2D eigenvalue weighted by Crippen LogP contribution is -2.44. The number of anilines is 1. The van der Waals surface area contributed by atoms with Gasteiger partial charge in [-0.05, 0) is 30.6 Å². The zero-order chi connectivity index (χ0) is 16.8. The first-order valence-corrected chi connectivity index (χ1v) is 8.12. The second kappa shape index (κ2) is 7.77. The van der Waals surface area contributed by atoms with Crippen LogP contribution in [0.1, 0.15) is 13.8 Å². The van der Waals surface area contributed by atoms with E-state index in [-0.39, 0.29) is 5.91 Å². The Morgan fingerprint density at radius 3 is 2.74 bits per heavy atom. The maximum atomic E-state index is 12.0. The molecule has 0 aliphatic rings. The van der Waals surface area contributed by atoms with Crippen LogP contribution in [0.4, 0.5) is 10.6 Å². The molecule has 0 aliphatic carbocycles. The number of hydrogen-bond acceptors (Lipinski definition) is 5. The average molecular weight is 336 g/mol. The van der Waals surface area contributed by atoms with Gasteiger partial charge in [-0.15, -0.1) is 0 Å². The van der Waals surface area contributed by atoms with E-state index >= 15 is 0 Å². The van der Waals surface area contributed by atoms with Crippen molar-refractivity contribution < 1.29 is 14.7 Å². The quantitative estimate of drug-likeness (QED) is 0.580. The number of nitrogens with one attached hydrogen (secondary N) is 3. The van der Waals surface area contributed by atoms with Crippen molar-refractivity contribution in [3.05, 3.63) is 24.3 Å². The molecule has 0 fully saturated rings. The van der Waals surface area contributed by atoms with E-state index in [0.717, 1.165) is 15.9 Å². The topological polar surface area (TPSA) is 103 Å². The highest BCUT2D eigenvalue weighted by atomic mass is 32.1. The molecule has 0 radical (unpaired) electrons. The summed E-state index contributed by atoms with van der Waals surface area (Å²) in [5.74, 6) is 0.191. The zero-order valence-corrected chi connectivity index (χ0v) is 13.8. The molecule has 0 bridgehead atoms. The highest BCUT2D eigenvalue weighted by molar-refractivity contribution is 7.13. The van der Waals surface area contributed by atoms with Crippen LogP contribution < -0.4 is 16.0 Å². The van der Waals surface area contributed by atoms with Crippen LogP contribution in [0.3, 0.4) is 0 Å². The van der Waals surface area contributed by atoms with Gasteiger partial charge in [0, 0.05) is 24.5 Å². The summed E-state index contributed by atoms with van der Waals surface area (Å²) in [4.78, 5) is 22.5. The number of carbonyl (C=O) groups is 2. The summed E-state index contributed by atoms with van der Waals surface area (Å²) in [5, 5.41) is 18.0. The van der Waals surface area contributed by atoms with Crippen molar-refractivity contribution in [3.8, 4) is 0 Å². The van der Waals surface area contributed by atoms with Crippen LogP contribution in [0.15, 0.2) is 24.3 Å². The van der Waals surface area contributed by atoms with Crippen molar-refractivity contribution in [3.63, 3.8) is 0 Å². The third-order valence-electron chi connectivity index (χ3n) is 3.61. The molecule has 23 heavy (non-hydrogen) atoms. The number of amides is 2. The fourth-order valence-electron chi connectivity index (χ4n) is 2.09. The normalized spacial score (nSPS) is 13.3. The number of nitrogens with zero attached hydrogens (tertiary/aromatic N) is 1. The Bertz CT molecular complexity index is 688. The SMILES string of the molecule is CC(NC(=O)O)C(C)C(=O)NCCNc1nsc2ccccc12. The van der Waals surface area contributed by atoms with Gasteiger partial charge in [0.05, 0.1) is 10.6 Å². The van der Waals surface area contributed by atoms with E-state index in [1.165, 1.54) is 11.5 Å². The van der Waals surface area contributed by atoms with Crippen LogP contribution in [0.25, 0.3) is 10.1 Å². The molecule has 124 valence electrons. The number of hydrogen-bond donors (Lipinski definition) is 4. The molecule has 2 atom stereocenters. The molecule has 2 unspecified atom stereocenters. The molecular formula is C15H20N4O3S. The summed E-state index contributed by atoms with van der Waals surface area (Å²) in [7, 11) is 0. The molecule has 8 heteroatoms. The third-order valence-corrected chi connectivity index (χ3v) is 4.44. The Labute approximate surface area is 138 Å². The molecule has 1 aromatic heterocycles. The Morgan fingerprint density at radius 2 is 2.00 bits per heavy atom. The molecule has 0 saturated carbocycles. The van der Waals surface area contributed by atoms with Gasteiger partial charge in [-0.1, -0.05) is 19.1 Å². The summed E-state index contributed by atoms with van der Waals surface area (Å²) in [6.45, 7) is 4.34. The summed E-state index contributed by atoms with van der Waals surface area (Å²) >= 11 is 1.43. The molecular weight excluding hydrogens is 316 g/mol. The van der Waals surface area contributed by atoms with E-state index in [2.05, 4.69) is 20.3 Å². The number of rotatable bonds is 7. The Hall–Kier alpha value is -2.35. The number of benzene rings is 1. The van der Waals surface area contributed by atoms with Crippen LogP contribution in [0.5, 0.6) is 0 Å². The molecule has 1 aromatic carbocycles. The predicted octanol–water partition coefficient (Wildman–Crippen LogP) is 2.12. The van der Waals surface area contributed by atoms with Crippen molar-refractivity contribution in [2.24, 2.45) is 5.92 Å². The van der Waals surface area contributed by atoms with Gasteiger partial charge in [0.1, 0.15) is 5.82 Å². The summed E-state index contributed by atoms with van der Waals surface area (Å²) in [6.07, 6.45) is -1.13. The molecule has 0 aliphatic heterocycles. The highest BCUT2D eigenvalue weighted by Gasteiger charge is 2.21. The van der Waals surface area contributed by atoms with Gasteiger partial charge in [-0.25, -0.2) is 4.79 Å². The molecule has 4 N–H and O–H groups in total. The molecule has 2 amide bonds. The van der Waals surface area contributed by atoms with E-state index in [4.69, 9.17) is 5.11 Å². The highest BCUT2D eigenvalue weighted by Crippen LogP contribution is 2.25. The molecule has 0 spiro atoms. The molecule has 2 aromatic rings. The van der Waals surface area contributed by atoms with E-state index in [1.807, 2.05) is 24.3 Å². The van der Waals surface area contributed by atoms with Crippen molar-refractivity contribution >= 4 is 39.4 Å². The second-order valence-corrected chi connectivity index (χ2v) is 6.08. The predicted molar refractivity (Wildman–Crippen MR) is 90.9 cm³/mol. The molecule has 1 heterocycles. The summed E-state index contributed by atoms with van der Waals surface area (Å²) in [5.41, 5.74) is 0. The number of aromatic nitrogens is 1. The largest absolute Gasteiger partial charge is 0.465 e. The molecule has 2 rings (SSSR count). The number of carboxylic acid groups (broad SMARTS) is 1. The fourth-order valence-corrected chi connectivity index (χ4v) is 2.84. The minimum Gasteiger partial charge on any atom is -0.465 e. The van der Waals surface area contributed by atoms with Gasteiger partial charge in [0.2, 0.25) is 5.91 Å². The van der Waals surface area contributed by atoms with E-state index in [9.17, 15) is 9.59 Å². The van der Waals surface area contributed by atoms with Gasteiger partial charge < -0.3 is 21.1 Å². The number of fused-ring (bicyclic) bond motifs is 1. The standard InChI is InChI=1S/C15H20N4O3S/c1-9(10(2)18-15(21)22)14(20)17-8-7-16-13-11-5-3-4-6-12(11)23-19-13/h3-6,9-10,18H,7-8H2,1-2H3,(H,16,19)(H,17,20)(H,21,22). The Balaban J connectivity index is 1.76. The third kappa shape index (κ3) is 4.56. The second-order valence-electron chi connectivity index (χ2n) is 5.27. The summed E-state index contributed by atoms with van der Waals surface area (Å²) < 4.78 is 5.46. The lowest BCUT2D eigenvalue weighted by atomic mass is 10.0. The van der Waals surface area contributed by atoms with Crippen molar-refractivity contribution in [2.45, 2.75) is 19.9 Å². The van der Waals surface area contributed by atoms with Crippen LogP contribution >= 0.6 is 11.5 Å². The first-order chi connectivity index (χ1) is 11.0. The van der Waals surface area contributed by atoms with Crippen molar-refractivity contribution in [1.29, 1.82) is 0 Å². The first-order valence-electron chi connectivity index (χ1n) is 7.34. The Kier molecular flexibility index (Phi) is 5.75. The van der Waals surface area contributed by atoms with E-state index < -0.39 is 18.1 Å². The van der Waals surface area contributed by atoms with Gasteiger partial charge in [-0.2, -0.15) is 4.37 Å². The van der Waals surface area contributed by atoms with Crippen LogP contribution in [0, 0.1) is 5.92 Å². The number of carbonyl (C=O) groups excluding carboxylic acids is 1. The van der Waals surface area contributed by atoms with Gasteiger partial charge >= 0.3 is 6.09 Å². The summed E-state index contributed by atoms with van der Waals surface area (Å²) in [6, 6.07) is 7.50. The minimum absolute atomic E-state index is 0.184. The maximum absolute atomic E-state index is 12.0.